The summed E-state index contributed by atoms with van der Waals surface area (Å²) in [6.07, 6.45) is 0.300. The zero-order valence-corrected chi connectivity index (χ0v) is 18.7. The second-order valence-corrected chi connectivity index (χ2v) is 9.57. The Labute approximate surface area is 192 Å². The van der Waals surface area contributed by atoms with E-state index in [0.717, 1.165) is 62.9 Å². The molecule has 2 aromatic carbocycles. The molecular formula is C25H29ClF3NO2. The summed E-state index contributed by atoms with van der Waals surface area (Å²) in [6.45, 7) is 2.82. The lowest BCUT2D eigenvalue weighted by Crippen LogP contribution is -2.52. The number of nitrogens with zero attached hydrogens (tertiary/aromatic N) is 1. The first-order valence-electron chi connectivity index (χ1n) is 11.2. The molecule has 1 aliphatic carbocycles. The van der Waals surface area contributed by atoms with Gasteiger partial charge in [0.05, 0.1) is 18.3 Å². The molecule has 1 aliphatic heterocycles. The SMILES string of the molecule is O[C@H](CN1CCCC(COc2ccc(C(F)(F)F)cc2)C1)C1(c2ccc(Cl)cc2)CCC1. The minimum Gasteiger partial charge on any atom is -0.493 e. The number of rotatable bonds is 7. The van der Waals surface area contributed by atoms with E-state index in [2.05, 4.69) is 4.90 Å². The summed E-state index contributed by atoms with van der Waals surface area (Å²) in [7, 11) is 0. The van der Waals surface area contributed by atoms with E-state index in [1.807, 2.05) is 24.3 Å². The summed E-state index contributed by atoms with van der Waals surface area (Å²) >= 11 is 6.04. The molecule has 0 spiro atoms. The standard InChI is InChI=1S/C25H29ClF3NO2/c26-21-8-4-19(5-9-21)24(12-2-13-24)23(31)16-30-14-1-3-18(15-30)17-32-22-10-6-20(7-11-22)25(27,28)29/h4-11,18,23,31H,1-3,12-17H2/t18?,23-/m1/s1. The number of aliphatic hydroxyl groups is 1. The summed E-state index contributed by atoms with van der Waals surface area (Å²) in [5.74, 6) is 0.734. The molecule has 32 heavy (non-hydrogen) atoms. The van der Waals surface area contributed by atoms with Crippen LogP contribution in [0.15, 0.2) is 48.5 Å². The molecule has 0 radical (unpaired) electrons. The van der Waals surface area contributed by atoms with Crippen molar-refractivity contribution < 1.29 is 23.0 Å². The summed E-state index contributed by atoms with van der Waals surface area (Å²) in [4.78, 5) is 2.30. The van der Waals surface area contributed by atoms with Gasteiger partial charge in [0.15, 0.2) is 0 Å². The van der Waals surface area contributed by atoms with Crippen LogP contribution in [0.5, 0.6) is 5.75 Å². The first-order chi connectivity index (χ1) is 15.3. The van der Waals surface area contributed by atoms with Crippen molar-refractivity contribution in [3.05, 3.63) is 64.7 Å². The molecule has 7 heteroatoms. The van der Waals surface area contributed by atoms with E-state index in [0.29, 0.717) is 23.9 Å². The lowest BCUT2D eigenvalue weighted by atomic mass is 9.61. The maximum atomic E-state index is 12.7. The van der Waals surface area contributed by atoms with Gasteiger partial charge in [-0.15, -0.1) is 0 Å². The molecule has 2 fully saturated rings. The topological polar surface area (TPSA) is 32.7 Å². The van der Waals surface area contributed by atoms with Gasteiger partial charge in [0, 0.05) is 29.4 Å². The average Bonchev–Trinajstić information content (AvgIpc) is 2.73. The van der Waals surface area contributed by atoms with Crippen LogP contribution in [0.4, 0.5) is 13.2 Å². The normalized spacial score (nSPS) is 22.2. The van der Waals surface area contributed by atoms with Crippen molar-refractivity contribution >= 4 is 11.6 Å². The summed E-state index contributed by atoms with van der Waals surface area (Å²) < 4.78 is 43.9. The Bertz CT molecular complexity index is 882. The average molecular weight is 468 g/mol. The highest BCUT2D eigenvalue weighted by Gasteiger charge is 2.45. The van der Waals surface area contributed by atoms with Gasteiger partial charge < -0.3 is 14.7 Å². The Morgan fingerprint density at radius 2 is 1.75 bits per heavy atom. The molecule has 1 unspecified atom stereocenters. The van der Waals surface area contributed by atoms with E-state index < -0.39 is 17.8 Å². The fraction of sp³-hybridized carbons (Fsp3) is 0.520. The monoisotopic (exact) mass is 467 g/mol. The zero-order chi connectivity index (χ0) is 22.8. The molecule has 0 bridgehead atoms. The molecule has 0 aromatic heterocycles. The molecule has 1 saturated carbocycles. The molecule has 4 rings (SSSR count). The third-order valence-electron chi connectivity index (χ3n) is 7.00. The second kappa shape index (κ2) is 9.62. The van der Waals surface area contributed by atoms with E-state index in [1.54, 1.807) is 0 Å². The molecule has 3 nitrogen and oxygen atoms in total. The van der Waals surface area contributed by atoms with Gasteiger partial charge in [-0.2, -0.15) is 13.2 Å². The van der Waals surface area contributed by atoms with E-state index >= 15 is 0 Å². The number of ether oxygens (including phenoxy) is 1. The van der Waals surface area contributed by atoms with Gasteiger partial charge in [-0.05, 0) is 74.2 Å². The van der Waals surface area contributed by atoms with Crippen molar-refractivity contribution in [2.75, 3.05) is 26.2 Å². The van der Waals surface area contributed by atoms with Gasteiger partial charge in [0.1, 0.15) is 5.75 Å². The Balaban J connectivity index is 1.31. The fourth-order valence-corrected chi connectivity index (χ4v) is 5.11. The van der Waals surface area contributed by atoms with Gasteiger partial charge in [0.25, 0.3) is 0 Å². The third kappa shape index (κ3) is 5.24. The van der Waals surface area contributed by atoms with Crippen LogP contribution < -0.4 is 4.74 Å². The highest BCUT2D eigenvalue weighted by Crippen LogP contribution is 2.47. The number of piperidine rings is 1. The van der Waals surface area contributed by atoms with Crippen LogP contribution >= 0.6 is 11.6 Å². The fourth-order valence-electron chi connectivity index (χ4n) is 4.98. The molecule has 174 valence electrons. The maximum Gasteiger partial charge on any atom is 0.416 e. The first kappa shape index (κ1) is 23.4. The number of alkyl halides is 3. The molecular weight excluding hydrogens is 439 g/mol. The van der Waals surface area contributed by atoms with Gasteiger partial charge in [-0.3, -0.25) is 0 Å². The zero-order valence-electron chi connectivity index (χ0n) is 18.0. The van der Waals surface area contributed by atoms with Crippen molar-refractivity contribution in [1.82, 2.24) is 4.90 Å². The molecule has 1 heterocycles. The van der Waals surface area contributed by atoms with Gasteiger partial charge >= 0.3 is 6.18 Å². The van der Waals surface area contributed by atoms with Crippen LogP contribution in [0.25, 0.3) is 0 Å². The first-order valence-corrected chi connectivity index (χ1v) is 11.6. The van der Waals surface area contributed by atoms with Crippen LogP contribution in [0.2, 0.25) is 5.02 Å². The highest BCUT2D eigenvalue weighted by molar-refractivity contribution is 6.30. The Morgan fingerprint density at radius 3 is 2.34 bits per heavy atom. The van der Waals surface area contributed by atoms with E-state index in [4.69, 9.17) is 16.3 Å². The minimum atomic E-state index is -4.34. The summed E-state index contributed by atoms with van der Waals surface area (Å²) in [6, 6.07) is 12.7. The van der Waals surface area contributed by atoms with Gasteiger partial charge in [0.2, 0.25) is 0 Å². The van der Waals surface area contributed by atoms with Crippen molar-refractivity contribution in [1.29, 1.82) is 0 Å². The van der Waals surface area contributed by atoms with Crippen molar-refractivity contribution in [2.24, 2.45) is 5.92 Å². The number of aliphatic hydroxyl groups excluding tert-OH is 1. The molecule has 1 N–H and O–H groups in total. The summed E-state index contributed by atoms with van der Waals surface area (Å²) in [5, 5.41) is 11.9. The lowest BCUT2D eigenvalue weighted by molar-refractivity contribution is -0.137. The largest absolute Gasteiger partial charge is 0.493 e. The molecule has 1 saturated heterocycles. The number of likely N-dealkylation sites (tertiary alicyclic amines) is 1. The van der Waals surface area contributed by atoms with Crippen LogP contribution in [0.3, 0.4) is 0 Å². The predicted octanol–water partition coefficient (Wildman–Crippen LogP) is 5.93. The second-order valence-electron chi connectivity index (χ2n) is 9.13. The quantitative estimate of drug-likeness (QED) is 0.547. The van der Waals surface area contributed by atoms with E-state index in [1.165, 1.54) is 12.1 Å². The van der Waals surface area contributed by atoms with Crippen LogP contribution in [0, 0.1) is 5.92 Å². The minimum absolute atomic E-state index is 0.200. The number of hydrogen-bond acceptors (Lipinski definition) is 3. The maximum absolute atomic E-state index is 12.7. The Kier molecular flexibility index (Phi) is 7.03. The lowest BCUT2D eigenvalue weighted by Gasteiger charge is -2.48. The van der Waals surface area contributed by atoms with Crippen molar-refractivity contribution in [2.45, 2.75) is 49.8 Å². The molecule has 0 amide bonds. The number of halogens is 4. The smallest absolute Gasteiger partial charge is 0.416 e. The van der Waals surface area contributed by atoms with E-state index in [9.17, 15) is 18.3 Å². The van der Waals surface area contributed by atoms with Gasteiger partial charge in [-0.25, -0.2) is 0 Å². The highest BCUT2D eigenvalue weighted by atomic mass is 35.5. The van der Waals surface area contributed by atoms with Crippen molar-refractivity contribution in [3.63, 3.8) is 0 Å². The van der Waals surface area contributed by atoms with Gasteiger partial charge in [-0.1, -0.05) is 30.2 Å². The number of β-amino-alcohol motifs (C(OH)–C–C–N with tert-alkyl or cyclic N) is 1. The summed E-state index contributed by atoms with van der Waals surface area (Å²) in [5.41, 5.74) is 0.280. The predicted molar refractivity (Wildman–Crippen MR) is 119 cm³/mol. The van der Waals surface area contributed by atoms with Crippen molar-refractivity contribution in [3.8, 4) is 5.75 Å². The van der Waals surface area contributed by atoms with Crippen LogP contribution in [0.1, 0.15) is 43.2 Å². The van der Waals surface area contributed by atoms with Crippen LogP contribution in [-0.4, -0.2) is 42.4 Å². The molecule has 2 aliphatic rings. The Hall–Kier alpha value is -1.76. The number of benzene rings is 2. The Morgan fingerprint density at radius 1 is 1.06 bits per heavy atom. The number of hydrogen-bond donors (Lipinski definition) is 1. The van der Waals surface area contributed by atoms with E-state index in [-0.39, 0.29) is 11.3 Å². The third-order valence-corrected chi connectivity index (χ3v) is 7.26. The molecule has 2 atom stereocenters. The molecule has 2 aromatic rings. The van der Waals surface area contributed by atoms with Crippen LogP contribution in [-0.2, 0) is 11.6 Å².